The van der Waals surface area contributed by atoms with E-state index >= 15 is 0 Å². The summed E-state index contributed by atoms with van der Waals surface area (Å²) in [4.78, 5) is 3.41. The van der Waals surface area contributed by atoms with E-state index in [-0.39, 0.29) is 5.03 Å². The second kappa shape index (κ2) is 6.12. The highest BCUT2D eigenvalue weighted by molar-refractivity contribution is 7.85. The predicted octanol–water partition coefficient (Wildman–Crippen LogP) is 2.32. The number of hydrogen-bond donors (Lipinski definition) is 1. The van der Waals surface area contributed by atoms with Crippen molar-refractivity contribution in [1.29, 1.82) is 0 Å². The molecule has 90 valence electrons. The van der Waals surface area contributed by atoms with Gasteiger partial charge in [0.15, 0.2) is 5.03 Å². The van der Waals surface area contributed by atoms with E-state index in [1.54, 1.807) is 6.07 Å². The van der Waals surface area contributed by atoms with Crippen molar-refractivity contribution in [1.82, 2.24) is 4.98 Å². The Morgan fingerprint density at radius 2 is 1.59 bits per heavy atom. The van der Waals surface area contributed by atoms with Crippen LogP contribution >= 0.6 is 0 Å². The average Bonchev–Trinajstić information content (AvgIpc) is 2.31. The fraction of sp³-hybridized carbons (Fsp3) is 0.0833. The van der Waals surface area contributed by atoms with Crippen LogP contribution in [-0.2, 0) is 10.1 Å². The number of hydrogen-bond acceptors (Lipinski definition) is 3. The average molecular weight is 251 g/mol. The number of aromatic nitrogens is 1. The highest BCUT2D eigenvalue weighted by atomic mass is 32.2. The van der Waals surface area contributed by atoms with Crippen LogP contribution in [0, 0.1) is 6.92 Å². The minimum absolute atomic E-state index is 0.324. The standard InChI is InChI=1S/C7H8.C5H5NO3S/c1-7-5-3-2-4-6-7;7-10(8,9)5-3-1-2-4-6-5/h2-6H,1H3;1-4H,(H,7,8,9). The molecule has 0 saturated carbocycles. The Labute approximate surface area is 101 Å². The number of rotatable bonds is 1. The fourth-order valence-corrected chi connectivity index (χ4v) is 1.48. The first kappa shape index (κ1) is 13.3. The fourth-order valence-electron chi connectivity index (χ4n) is 1.03. The van der Waals surface area contributed by atoms with Gasteiger partial charge in [-0.25, -0.2) is 4.98 Å². The van der Waals surface area contributed by atoms with Gasteiger partial charge in [0.25, 0.3) is 0 Å². The van der Waals surface area contributed by atoms with Crippen LogP contribution in [0.5, 0.6) is 0 Å². The maximum absolute atomic E-state index is 10.3. The van der Waals surface area contributed by atoms with Crippen molar-refractivity contribution in [2.75, 3.05) is 0 Å². The van der Waals surface area contributed by atoms with Crippen molar-refractivity contribution in [2.45, 2.75) is 11.9 Å². The van der Waals surface area contributed by atoms with Crippen LogP contribution in [0.1, 0.15) is 5.56 Å². The van der Waals surface area contributed by atoms with Crippen LogP contribution in [0.25, 0.3) is 0 Å². The largest absolute Gasteiger partial charge is 0.312 e. The summed E-state index contributed by atoms with van der Waals surface area (Å²) < 4.78 is 29.1. The van der Waals surface area contributed by atoms with Gasteiger partial charge in [0, 0.05) is 6.20 Å². The van der Waals surface area contributed by atoms with E-state index in [2.05, 4.69) is 24.0 Å². The highest BCUT2D eigenvalue weighted by Gasteiger charge is 2.07. The summed E-state index contributed by atoms with van der Waals surface area (Å²) in [6.07, 6.45) is 1.29. The summed E-state index contributed by atoms with van der Waals surface area (Å²) in [5.74, 6) is 0. The Kier molecular flexibility index (Phi) is 4.81. The maximum atomic E-state index is 10.3. The smallest absolute Gasteiger partial charge is 0.281 e. The van der Waals surface area contributed by atoms with E-state index in [1.807, 2.05) is 18.2 Å². The molecule has 0 radical (unpaired) electrons. The van der Waals surface area contributed by atoms with E-state index < -0.39 is 10.1 Å². The third kappa shape index (κ3) is 5.24. The summed E-state index contributed by atoms with van der Waals surface area (Å²) in [7, 11) is -4.11. The third-order valence-corrected chi connectivity index (χ3v) is 2.61. The van der Waals surface area contributed by atoms with Gasteiger partial charge in [0.2, 0.25) is 0 Å². The van der Waals surface area contributed by atoms with E-state index in [1.165, 1.54) is 23.9 Å². The number of nitrogens with zero attached hydrogens (tertiary/aromatic N) is 1. The molecule has 5 heteroatoms. The Bertz CT molecular complexity index is 538. The van der Waals surface area contributed by atoms with E-state index in [9.17, 15) is 8.42 Å². The van der Waals surface area contributed by atoms with Gasteiger partial charge in [-0.15, -0.1) is 0 Å². The molecule has 0 amide bonds. The molecular formula is C12H13NO3S. The summed E-state index contributed by atoms with van der Waals surface area (Å²) in [5.41, 5.74) is 1.32. The Morgan fingerprint density at radius 3 is 1.88 bits per heavy atom. The first-order valence-electron chi connectivity index (χ1n) is 4.90. The summed E-state index contributed by atoms with van der Waals surface area (Å²) >= 11 is 0. The van der Waals surface area contributed by atoms with Crippen molar-refractivity contribution in [2.24, 2.45) is 0 Å². The van der Waals surface area contributed by atoms with Crippen LogP contribution in [0.2, 0.25) is 0 Å². The SMILES string of the molecule is Cc1ccccc1.O=S(=O)(O)c1ccccn1. The number of benzene rings is 1. The Balaban J connectivity index is 0.000000181. The van der Waals surface area contributed by atoms with Gasteiger partial charge in [-0.2, -0.15) is 8.42 Å². The summed E-state index contributed by atoms with van der Waals surface area (Å²) in [6.45, 7) is 2.08. The van der Waals surface area contributed by atoms with Crippen molar-refractivity contribution in [3.05, 3.63) is 60.3 Å². The van der Waals surface area contributed by atoms with Gasteiger partial charge in [0.1, 0.15) is 0 Å². The quantitative estimate of drug-likeness (QED) is 0.790. The van der Waals surface area contributed by atoms with E-state index in [0.29, 0.717) is 0 Å². The molecule has 0 spiro atoms. The Hall–Kier alpha value is -1.72. The zero-order valence-electron chi connectivity index (χ0n) is 9.32. The van der Waals surface area contributed by atoms with Crippen molar-refractivity contribution in [3.8, 4) is 0 Å². The molecule has 0 aliphatic carbocycles. The monoisotopic (exact) mass is 251 g/mol. The first-order chi connectivity index (χ1) is 8.00. The first-order valence-corrected chi connectivity index (χ1v) is 6.34. The molecule has 0 atom stereocenters. The number of aryl methyl sites for hydroxylation is 1. The highest BCUT2D eigenvalue weighted by Crippen LogP contribution is 2.00. The van der Waals surface area contributed by atoms with Crippen LogP contribution in [0.4, 0.5) is 0 Å². The molecule has 17 heavy (non-hydrogen) atoms. The zero-order valence-corrected chi connectivity index (χ0v) is 10.1. The van der Waals surface area contributed by atoms with Gasteiger partial charge >= 0.3 is 10.1 Å². The molecule has 0 saturated heterocycles. The maximum Gasteiger partial charge on any atom is 0.312 e. The lowest BCUT2D eigenvalue weighted by atomic mass is 10.2. The van der Waals surface area contributed by atoms with Crippen molar-refractivity contribution >= 4 is 10.1 Å². The molecule has 1 aromatic carbocycles. The second-order valence-electron chi connectivity index (χ2n) is 3.30. The predicted molar refractivity (Wildman–Crippen MR) is 65.2 cm³/mol. The van der Waals surface area contributed by atoms with Gasteiger partial charge in [-0.3, -0.25) is 4.55 Å². The summed E-state index contributed by atoms with van der Waals surface area (Å²) in [6, 6.07) is 14.5. The number of pyridine rings is 1. The zero-order chi connectivity index (χ0) is 12.7. The Morgan fingerprint density at radius 1 is 1.00 bits per heavy atom. The molecule has 0 bridgehead atoms. The summed E-state index contributed by atoms with van der Waals surface area (Å²) in [5, 5.41) is -0.324. The van der Waals surface area contributed by atoms with Crippen molar-refractivity contribution in [3.63, 3.8) is 0 Å². The van der Waals surface area contributed by atoms with Crippen LogP contribution in [0.3, 0.4) is 0 Å². The minimum atomic E-state index is -4.11. The van der Waals surface area contributed by atoms with Gasteiger partial charge in [-0.05, 0) is 19.1 Å². The molecule has 4 nitrogen and oxygen atoms in total. The second-order valence-corrected chi connectivity index (χ2v) is 4.67. The van der Waals surface area contributed by atoms with E-state index in [4.69, 9.17) is 4.55 Å². The molecule has 2 rings (SSSR count). The van der Waals surface area contributed by atoms with Crippen LogP contribution in [-0.4, -0.2) is 18.0 Å². The van der Waals surface area contributed by atoms with Gasteiger partial charge < -0.3 is 0 Å². The molecule has 0 unspecified atom stereocenters. The van der Waals surface area contributed by atoms with Gasteiger partial charge in [-0.1, -0.05) is 42.0 Å². The molecule has 1 heterocycles. The van der Waals surface area contributed by atoms with Crippen molar-refractivity contribution < 1.29 is 13.0 Å². The topological polar surface area (TPSA) is 67.3 Å². The molecular weight excluding hydrogens is 238 g/mol. The van der Waals surface area contributed by atoms with E-state index in [0.717, 1.165) is 0 Å². The lowest BCUT2D eigenvalue weighted by molar-refractivity contribution is 0.479. The lowest BCUT2D eigenvalue weighted by Gasteiger charge is -1.91. The third-order valence-electron chi connectivity index (χ3n) is 1.84. The molecule has 2 aromatic rings. The normalized spacial score (nSPS) is 10.2. The lowest BCUT2D eigenvalue weighted by Crippen LogP contribution is -1.99. The molecule has 0 fully saturated rings. The molecule has 0 aliphatic rings. The minimum Gasteiger partial charge on any atom is -0.281 e. The molecule has 1 N–H and O–H groups in total. The van der Waals surface area contributed by atoms with Crippen LogP contribution in [0.15, 0.2) is 59.8 Å². The van der Waals surface area contributed by atoms with Crippen LogP contribution < -0.4 is 0 Å². The molecule has 1 aromatic heterocycles. The van der Waals surface area contributed by atoms with Gasteiger partial charge in [0.05, 0.1) is 0 Å². The molecule has 0 aliphatic heterocycles.